The van der Waals surface area contributed by atoms with Crippen molar-refractivity contribution >= 4 is 21.9 Å². The van der Waals surface area contributed by atoms with Crippen LogP contribution in [0.1, 0.15) is 23.0 Å². The zero-order valence-electron chi connectivity index (χ0n) is 12.2. The summed E-state index contributed by atoms with van der Waals surface area (Å²) in [6.07, 6.45) is 0. The summed E-state index contributed by atoms with van der Waals surface area (Å²) < 4.78 is 30.4. The van der Waals surface area contributed by atoms with Crippen molar-refractivity contribution in [3.63, 3.8) is 0 Å². The van der Waals surface area contributed by atoms with Gasteiger partial charge in [0.25, 0.3) is 15.9 Å². The molecule has 1 aromatic heterocycles. The van der Waals surface area contributed by atoms with Gasteiger partial charge in [0.2, 0.25) is 5.09 Å². The molecule has 0 fully saturated rings. The molecular formula is C12H18N2O6S. The highest BCUT2D eigenvalue weighted by Gasteiger charge is 2.25. The Morgan fingerprint density at radius 3 is 2.52 bits per heavy atom. The number of hydrogen-bond donors (Lipinski definition) is 2. The van der Waals surface area contributed by atoms with E-state index < -0.39 is 27.8 Å². The normalized spacial score (nSPS) is 13.0. The number of aryl methyl sites for hydroxylation is 1. The van der Waals surface area contributed by atoms with E-state index in [1.807, 2.05) is 0 Å². The number of carbonyl (C=O) groups excluding carboxylic acids is 1. The molecule has 0 saturated carbocycles. The Bertz CT molecular complexity index is 649. The third kappa shape index (κ3) is 3.82. The molecule has 0 aliphatic rings. The number of rotatable bonds is 6. The van der Waals surface area contributed by atoms with E-state index in [1.165, 1.54) is 32.8 Å². The Morgan fingerprint density at radius 1 is 1.48 bits per heavy atom. The van der Waals surface area contributed by atoms with Crippen LogP contribution in [0.4, 0.5) is 0 Å². The van der Waals surface area contributed by atoms with Crippen molar-refractivity contribution in [3.05, 3.63) is 17.4 Å². The topological polar surface area (TPSA) is 117 Å². The number of nitrogens with zero attached hydrogens (tertiary/aromatic N) is 1. The van der Waals surface area contributed by atoms with Gasteiger partial charge in [-0.25, -0.2) is 13.1 Å². The Kier molecular flexibility index (Phi) is 5.13. The molecule has 1 unspecified atom stereocenters. The van der Waals surface area contributed by atoms with E-state index in [4.69, 9.17) is 9.52 Å². The van der Waals surface area contributed by atoms with Gasteiger partial charge >= 0.3 is 5.97 Å². The first kappa shape index (κ1) is 17.2. The first-order chi connectivity index (χ1) is 9.60. The van der Waals surface area contributed by atoms with E-state index in [0.717, 1.165) is 6.07 Å². The smallest absolute Gasteiger partial charge is 0.308 e. The highest BCUT2D eigenvalue weighted by atomic mass is 32.2. The molecule has 2 N–H and O–H groups in total. The minimum absolute atomic E-state index is 0.00684. The standard InChI is InChI=1S/C12H18N2O6S/c1-7(12(16)17)6-14(4)11(15)9-5-10(20-8(9)2)21(18,19)13-3/h5,7,13H,6H2,1-4H3,(H,16,17). The molecule has 1 heterocycles. The molecule has 0 aliphatic carbocycles. The summed E-state index contributed by atoms with van der Waals surface area (Å²) in [5, 5.41) is 8.48. The van der Waals surface area contributed by atoms with E-state index in [0.29, 0.717) is 0 Å². The third-order valence-corrected chi connectivity index (χ3v) is 4.24. The second-order valence-corrected chi connectivity index (χ2v) is 6.49. The van der Waals surface area contributed by atoms with Crippen LogP contribution in [0.3, 0.4) is 0 Å². The van der Waals surface area contributed by atoms with Gasteiger partial charge in [0.15, 0.2) is 0 Å². The quantitative estimate of drug-likeness (QED) is 0.778. The maximum Gasteiger partial charge on any atom is 0.308 e. The number of carbonyl (C=O) groups is 2. The summed E-state index contributed by atoms with van der Waals surface area (Å²) in [6, 6.07) is 1.13. The van der Waals surface area contributed by atoms with Crippen LogP contribution in [0.25, 0.3) is 0 Å². The number of amides is 1. The van der Waals surface area contributed by atoms with Crippen molar-refractivity contribution in [2.75, 3.05) is 20.6 Å². The minimum atomic E-state index is -3.78. The number of hydrogen-bond acceptors (Lipinski definition) is 5. The Balaban J connectivity index is 3.01. The molecule has 0 radical (unpaired) electrons. The molecule has 21 heavy (non-hydrogen) atoms. The average molecular weight is 318 g/mol. The van der Waals surface area contributed by atoms with Gasteiger partial charge in [0.1, 0.15) is 5.76 Å². The largest absolute Gasteiger partial charge is 0.481 e. The minimum Gasteiger partial charge on any atom is -0.481 e. The van der Waals surface area contributed by atoms with E-state index in [1.54, 1.807) is 0 Å². The lowest BCUT2D eigenvalue weighted by atomic mass is 10.1. The molecule has 1 aromatic rings. The lowest BCUT2D eigenvalue weighted by Gasteiger charge is -2.18. The SMILES string of the molecule is CNS(=O)(=O)c1cc(C(=O)N(C)CC(C)C(=O)O)c(C)o1. The molecule has 1 rings (SSSR count). The van der Waals surface area contributed by atoms with Gasteiger partial charge in [0.05, 0.1) is 11.5 Å². The molecule has 8 nitrogen and oxygen atoms in total. The average Bonchev–Trinajstić information content (AvgIpc) is 2.80. The summed E-state index contributed by atoms with van der Waals surface area (Å²) in [7, 11) is -1.10. The Morgan fingerprint density at radius 2 is 2.05 bits per heavy atom. The van der Waals surface area contributed by atoms with Gasteiger partial charge in [0, 0.05) is 19.7 Å². The van der Waals surface area contributed by atoms with Crippen molar-refractivity contribution < 1.29 is 27.5 Å². The fourth-order valence-electron chi connectivity index (χ4n) is 1.68. The van der Waals surface area contributed by atoms with Crippen LogP contribution in [-0.2, 0) is 14.8 Å². The fourth-order valence-corrected chi connectivity index (χ4v) is 2.39. The monoisotopic (exact) mass is 318 g/mol. The number of carboxylic acids is 1. The van der Waals surface area contributed by atoms with Crippen LogP contribution >= 0.6 is 0 Å². The van der Waals surface area contributed by atoms with Crippen LogP contribution in [0.15, 0.2) is 15.6 Å². The van der Waals surface area contributed by atoms with Gasteiger partial charge in [-0.2, -0.15) is 0 Å². The molecule has 1 atom stereocenters. The van der Waals surface area contributed by atoms with Gasteiger partial charge < -0.3 is 14.4 Å². The highest BCUT2D eigenvalue weighted by Crippen LogP contribution is 2.20. The molecule has 118 valence electrons. The summed E-state index contributed by atoms with van der Waals surface area (Å²) >= 11 is 0. The van der Waals surface area contributed by atoms with Crippen molar-refractivity contribution in [2.24, 2.45) is 5.92 Å². The maximum atomic E-state index is 12.2. The summed E-state index contributed by atoms with van der Waals surface area (Å²) in [5.74, 6) is -2.09. The molecule has 0 aromatic carbocycles. The highest BCUT2D eigenvalue weighted by molar-refractivity contribution is 7.89. The molecule has 1 amide bonds. The predicted molar refractivity (Wildman–Crippen MR) is 73.5 cm³/mol. The summed E-state index contributed by atoms with van der Waals surface area (Å²) in [5.41, 5.74) is 0.0870. The Labute approximate surface area is 122 Å². The number of nitrogens with one attached hydrogen (secondary N) is 1. The summed E-state index contributed by atoms with van der Waals surface area (Å²) in [4.78, 5) is 24.2. The lowest BCUT2D eigenvalue weighted by molar-refractivity contribution is -0.141. The second kappa shape index (κ2) is 6.27. The molecule has 0 aliphatic heterocycles. The van der Waals surface area contributed by atoms with Crippen molar-refractivity contribution in [2.45, 2.75) is 18.9 Å². The zero-order valence-corrected chi connectivity index (χ0v) is 13.0. The number of carboxylic acid groups (broad SMARTS) is 1. The molecule has 0 saturated heterocycles. The molecule has 9 heteroatoms. The Hall–Kier alpha value is -1.87. The number of furan rings is 1. The van der Waals surface area contributed by atoms with Crippen LogP contribution in [0, 0.1) is 12.8 Å². The van der Waals surface area contributed by atoms with Gasteiger partial charge in [-0.05, 0) is 14.0 Å². The second-order valence-electron chi connectivity index (χ2n) is 4.67. The van der Waals surface area contributed by atoms with Crippen LogP contribution < -0.4 is 4.72 Å². The summed E-state index contributed by atoms with van der Waals surface area (Å²) in [6.45, 7) is 2.95. The van der Waals surface area contributed by atoms with Crippen molar-refractivity contribution in [1.82, 2.24) is 9.62 Å². The molecule has 0 spiro atoms. The fraction of sp³-hybridized carbons (Fsp3) is 0.500. The van der Waals surface area contributed by atoms with Crippen molar-refractivity contribution in [1.29, 1.82) is 0 Å². The predicted octanol–water partition coefficient (Wildman–Crippen LogP) is 0.289. The van der Waals surface area contributed by atoms with Gasteiger partial charge in [-0.3, -0.25) is 9.59 Å². The van der Waals surface area contributed by atoms with Crippen LogP contribution in [0.5, 0.6) is 0 Å². The maximum absolute atomic E-state index is 12.2. The zero-order chi connectivity index (χ0) is 16.4. The van der Waals surface area contributed by atoms with Crippen LogP contribution in [-0.4, -0.2) is 50.9 Å². The molecule has 0 bridgehead atoms. The number of aliphatic carboxylic acids is 1. The number of sulfonamides is 1. The van der Waals surface area contributed by atoms with Gasteiger partial charge in [-0.1, -0.05) is 6.92 Å². The van der Waals surface area contributed by atoms with E-state index in [9.17, 15) is 18.0 Å². The van der Waals surface area contributed by atoms with Crippen LogP contribution in [0.2, 0.25) is 0 Å². The first-order valence-corrected chi connectivity index (χ1v) is 7.60. The van der Waals surface area contributed by atoms with E-state index in [2.05, 4.69) is 4.72 Å². The van der Waals surface area contributed by atoms with E-state index in [-0.39, 0.29) is 23.0 Å². The van der Waals surface area contributed by atoms with Crippen molar-refractivity contribution in [3.8, 4) is 0 Å². The van der Waals surface area contributed by atoms with E-state index >= 15 is 0 Å². The molecular weight excluding hydrogens is 300 g/mol. The lowest BCUT2D eigenvalue weighted by Crippen LogP contribution is -2.33. The van der Waals surface area contributed by atoms with Gasteiger partial charge in [-0.15, -0.1) is 0 Å². The first-order valence-electron chi connectivity index (χ1n) is 6.12. The third-order valence-electron chi connectivity index (χ3n) is 2.98.